The lowest BCUT2D eigenvalue weighted by Gasteiger charge is -2.13. The minimum Gasteiger partial charge on any atom is -0.493 e. The number of benzene rings is 2. The minimum atomic E-state index is -0.455. The normalized spacial score (nSPS) is 10.3. The smallest absolute Gasteiger partial charge is 0.344 e. The standard InChI is InChI=1S/C19H21ClO5/c1-12-7-15(20)8-13(2)19(12)25-11-18(21)24-10-14-5-6-16(22-3)17(9-14)23-4/h5-9H,10-11H2,1-4H3. The first-order chi connectivity index (χ1) is 11.9. The summed E-state index contributed by atoms with van der Waals surface area (Å²) in [5.74, 6) is 1.39. The second-order valence-corrected chi connectivity index (χ2v) is 5.94. The lowest BCUT2D eigenvalue weighted by molar-refractivity contribution is -0.147. The molecule has 0 amide bonds. The van der Waals surface area contributed by atoms with Crippen LogP contribution in [0, 0.1) is 13.8 Å². The van der Waals surface area contributed by atoms with Crippen LogP contribution >= 0.6 is 11.6 Å². The van der Waals surface area contributed by atoms with E-state index < -0.39 is 5.97 Å². The van der Waals surface area contributed by atoms with Gasteiger partial charge in [0, 0.05) is 5.02 Å². The molecule has 0 fully saturated rings. The van der Waals surface area contributed by atoms with E-state index in [1.165, 1.54) is 0 Å². The summed E-state index contributed by atoms with van der Waals surface area (Å²) in [6, 6.07) is 8.92. The topological polar surface area (TPSA) is 54.0 Å². The van der Waals surface area contributed by atoms with Crippen molar-refractivity contribution in [2.24, 2.45) is 0 Å². The lowest BCUT2D eigenvalue weighted by Crippen LogP contribution is -2.15. The van der Waals surface area contributed by atoms with Crippen LogP contribution in [0.4, 0.5) is 0 Å². The molecule has 0 unspecified atom stereocenters. The molecule has 0 heterocycles. The van der Waals surface area contributed by atoms with Gasteiger partial charge in [-0.1, -0.05) is 17.7 Å². The number of carbonyl (C=O) groups is 1. The van der Waals surface area contributed by atoms with Crippen LogP contribution in [0.15, 0.2) is 30.3 Å². The Kier molecular flexibility index (Phi) is 6.53. The van der Waals surface area contributed by atoms with Gasteiger partial charge in [0.05, 0.1) is 14.2 Å². The predicted molar refractivity (Wildman–Crippen MR) is 95.8 cm³/mol. The number of methoxy groups -OCH3 is 2. The number of aryl methyl sites for hydroxylation is 2. The van der Waals surface area contributed by atoms with Gasteiger partial charge in [-0.15, -0.1) is 0 Å². The molecule has 0 aromatic heterocycles. The maximum atomic E-state index is 11.9. The predicted octanol–water partition coefficient (Wildman–Crippen LogP) is 4.10. The molecule has 0 aliphatic heterocycles. The van der Waals surface area contributed by atoms with E-state index >= 15 is 0 Å². The zero-order chi connectivity index (χ0) is 18.4. The molecule has 25 heavy (non-hydrogen) atoms. The first-order valence-electron chi connectivity index (χ1n) is 7.70. The Balaban J connectivity index is 1.91. The van der Waals surface area contributed by atoms with Crippen molar-refractivity contribution in [3.63, 3.8) is 0 Å². The molecule has 0 radical (unpaired) electrons. The van der Waals surface area contributed by atoms with Gasteiger partial charge in [-0.05, 0) is 54.8 Å². The number of rotatable bonds is 7. The monoisotopic (exact) mass is 364 g/mol. The van der Waals surface area contributed by atoms with E-state index in [1.807, 2.05) is 19.9 Å². The maximum absolute atomic E-state index is 11.9. The largest absolute Gasteiger partial charge is 0.493 e. The molecule has 134 valence electrons. The van der Waals surface area contributed by atoms with E-state index in [9.17, 15) is 4.79 Å². The van der Waals surface area contributed by atoms with Crippen LogP contribution in [0.3, 0.4) is 0 Å². The number of carbonyl (C=O) groups excluding carboxylic acids is 1. The third kappa shape index (κ3) is 5.03. The highest BCUT2D eigenvalue weighted by atomic mass is 35.5. The Bertz CT molecular complexity index is 734. The average molecular weight is 365 g/mol. The molecule has 2 aromatic carbocycles. The molecule has 2 rings (SSSR count). The minimum absolute atomic E-state index is 0.126. The number of hydrogen-bond donors (Lipinski definition) is 0. The quantitative estimate of drug-likeness (QED) is 0.692. The van der Waals surface area contributed by atoms with Gasteiger partial charge >= 0.3 is 5.97 Å². The SMILES string of the molecule is COc1ccc(COC(=O)COc2c(C)cc(Cl)cc2C)cc1OC. The zero-order valence-electron chi connectivity index (χ0n) is 14.7. The molecule has 2 aromatic rings. The summed E-state index contributed by atoms with van der Waals surface area (Å²) in [4.78, 5) is 11.9. The molecule has 0 atom stereocenters. The van der Waals surface area contributed by atoms with Gasteiger partial charge in [0.25, 0.3) is 0 Å². The Morgan fingerprint density at radius 3 is 2.24 bits per heavy atom. The lowest BCUT2D eigenvalue weighted by atomic mass is 10.1. The summed E-state index contributed by atoms with van der Waals surface area (Å²) in [6.07, 6.45) is 0. The van der Waals surface area contributed by atoms with Crippen molar-refractivity contribution in [3.8, 4) is 17.2 Å². The molecule has 0 saturated carbocycles. The Morgan fingerprint density at radius 1 is 1.00 bits per heavy atom. The summed E-state index contributed by atoms with van der Waals surface area (Å²) in [6.45, 7) is 3.71. The van der Waals surface area contributed by atoms with Crippen LogP contribution in [-0.4, -0.2) is 26.8 Å². The highest BCUT2D eigenvalue weighted by Crippen LogP contribution is 2.28. The summed E-state index contributed by atoms with van der Waals surface area (Å²) >= 11 is 5.98. The van der Waals surface area contributed by atoms with E-state index in [-0.39, 0.29) is 13.2 Å². The second-order valence-electron chi connectivity index (χ2n) is 5.51. The number of ether oxygens (including phenoxy) is 4. The summed E-state index contributed by atoms with van der Waals surface area (Å²) in [7, 11) is 3.12. The van der Waals surface area contributed by atoms with Crippen molar-refractivity contribution < 1.29 is 23.7 Å². The van der Waals surface area contributed by atoms with E-state index in [2.05, 4.69) is 0 Å². The van der Waals surface area contributed by atoms with E-state index in [4.69, 9.17) is 30.5 Å². The third-order valence-corrected chi connectivity index (χ3v) is 3.83. The van der Waals surface area contributed by atoms with Gasteiger partial charge in [-0.2, -0.15) is 0 Å². The molecular weight excluding hydrogens is 344 g/mol. The molecule has 0 saturated heterocycles. The third-order valence-electron chi connectivity index (χ3n) is 3.61. The first kappa shape index (κ1) is 18.9. The Hall–Kier alpha value is -2.40. The Morgan fingerprint density at radius 2 is 1.64 bits per heavy atom. The van der Waals surface area contributed by atoms with Crippen molar-refractivity contribution in [1.29, 1.82) is 0 Å². The fourth-order valence-electron chi connectivity index (χ4n) is 2.43. The van der Waals surface area contributed by atoms with Gasteiger partial charge in [0.15, 0.2) is 18.1 Å². The fraction of sp³-hybridized carbons (Fsp3) is 0.316. The van der Waals surface area contributed by atoms with Crippen LogP contribution < -0.4 is 14.2 Å². The molecule has 0 aliphatic rings. The Labute approximate surface area is 152 Å². The van der Waals surface area contributed by atoms with Gasteiger partial charge in [0.1, 0.15) is 12.4 Å². The van der Waals surface area contributed by atoms with Crippen molar-refractivity contribution in [2.75, 3.05) is 20.8 Å². The highest BCUT2D eigenvalue weighted by Gasteiger charge is 2.11. The zero-order valence-corrected chi connectivity index (χ0v) is 15.5. The van der Waals surface area contributed by atoms with Crippen molar-refractivity contribution in [1.82, 2.24) is 0 Å². The molecule has 0 spiro atoms. The summed E-state index contributed by atoms with van der Waals surface area (Å²) in [5, 5.41) is 0.637. The second kappa shape index (κ2) is 8.62. The summed E-state index contributed by atoms with van der Waals surface area (Å²) < 4.78 is 21.2. The van der Waals surface area contributed by atoms with Gasteiger partial charge in [-0.25, -0.2) is 4.79 Å². The maximum Gasteiger partial charge on any atom is 0.344 e. The van der Waals surface area contributed by atoms with E-state index in [1.54, 1.807) is 38.5 Å². The fourth-order valence-corrected chi connectivity index (χ4v) is 2.76. The number of halogens is 1. The molecule has 6 heteroatoms. The molecule has 5 nitrogen and oxygen atoms in total. The van der Waals surface area contributed by atoms with Crippen molar-refractivity contribution in [2.45, 2.75) is 20.5 Å². The molecular formula is C19H21ClO5. The number of esters is 1. The average Bonchev–Trinajstić information content (AvgIpc) is 2.58. The summed E-state index contributed by atoms with van der Waals surface area (Å²) in [5.41, 5.74) is 2.54. The van der Waals surface area contributed by atoms with Gasteiger partial charge in [0.2, 0.25) is 0 Å². The molecule has 0 N–H and O–H groups in total. The van der Waals surface area contributed by atoms with E-state index in [0.717, 1.165) is 16.7 Å². The van der Waals surface area contributed by atoms with Gasteiger partial charge < -0.3 is 18.9 Å². The van der Waals surface area contributed by atoms with Crippen LogP contribution in [0.2, 0.25) is 5.02 Å². The molecule has 0 bridgehead atoms. The van der Waals surface area contributed by atoms with Crippen LogP contribution in [0.25, 0.3) is 0 Å². The van der Waals surface area contributed by atoms with Crippen LogP contribution in [-0.2, 0) is 16.1 Å². The van der Waals surface area contributed by atoms with Gasteiger partial charge in [-0.3, -0.25) is 0 Å². The first-order valence-corrected chi connectivity index (χ1v) is 8.08. The highest BCUT2D eigenvalue weighted by molar-refractivity contribution is 6.30. The van der Waals surface area contributed by atoms with Crippen LogP contribution in [0.1, 0.15) is 16.7 Å². The van der Waals surface area contributed by atoms with E-state index in [0.29, 0.717) is 22.3 Å². The van der Waals surface area contributed by atoms with Crippen molar-refractivity contribution >= 4 is 17.6 Å². The number of hydrogen-bond acceptors (Lipinski definition) is 5. The molecule has 0 aliphatic carbocycles. The van der Waals surface area contributed by atoms with Crippen LogP contribution in [0.5, 0.6) is 17.2 Å². The van der Waals surface area contributed by atoms with Crippen molar-refractivity contribution in [3.05, 3.63) is 52.0 Å².